The zero-order valence-corrected chi connectivity index (χ0v) is 15.2. The number of esters is 1. The molecule has 1 aromatic heterocycles. The standard InChI is InChI=1S/C18H22N2O6/c1-20-7-5-6-13(20)18(22)26-11-17(21)19-10-12-8-15(24-3)16(25-4)9-14(12)23-2/h5-9H,10-11H2,1-4H3,(H,19,21). The van der Waals surface area contributed by atoms with E-state index in [1.54, 1.807) is 42.1 Å². The van der Waals surface area contributed by atoms with E-state index in [1.807, 2.05) is 0 Å². The highest BCUT2D eigenvalue weighted by Gasteiger charge is 2.15. The molecule has 2 aromatic rings. The van der Waals surface area contributed by atoms with Crippen LogP contribution in [0.25, 0.3) is 0 Å². The summed E-state index contributed by atoms with van der Waals surface area (Å²) in [6, 6.07) is 6.73. The third-order valence-corrected chi connectivity index (χ3v) is 3.75. The highest BCUT2D eigenvalue weighted by Crippen LogP contribution is 2.34. The molecular weight excluding hydrogens is 340 g/mol. The second-order valence-corrected chi connectivity index (χ2v) is 5.38. The fourth-order valence-electron chi connectivity index (χ4n) is 2.35. The zero-order chi connectivity index (χ0) is 19.1. The number of nitrogens with one attached hydrogen (secondary N) is 1. The predicted octanol–water partition coefficient (Wildman–Crippen LogP) is 1.52. The van der Waals surface area contributed by atoms with Gasteiger partial charge in [-0.05, 0) is 18.2 Å². The summed E-state index contributed by atoms with van der Waals surface area (Å²) < 4.78 is 22.4. The second-order valence-electron chi connectivity index (χ2n) is 5.38. The summed E-state index contributed by atoms with van der Waals surface area (Å²) in [5.74, 6) is 0.605. The Morgan fingerprint density at radius 1 is 1.04 bits per heavy atom. The molecule has 1 amide bonds. The number of methoxy groups -OCH3 is 3. The van der Waals surface area contributed by atoms with Crippen molar-refractivity contribution in [2.45, 2.75) is 6.54 Å². The van der Waals surface area contributed by atoms with Gasteiger partial charge in [-0.2, -0.15) is 0 Å². The van der Waals surface area contributed by atoms with E-state index in [1.165, 1.54) is 21.3 Å². The van der Waals surface area contributed by atoms with Crippen molar-refractivity contribution in [3.8, 4) is 17.2 Å². The molecule has 26 heavy (non-hydrogen) atoms. The van der Waals surface area contributed by atoms with Crippen LogP contribution in [0.4, 0.5) is 0 Å². The van der Waals surface area contributed by atoms with Crippen LogP contribution in [-0.2, 0) is 23.1 Å². The Hall–Kier alpha value is -3.16. The summed E-state index contributed by atoms with van der Waals surface area (Å²) >= 11 is 0. The minimum atomic E-state index is -0.559. The van der Waals surface area contributed by atoms with Crippen molar-refractivity contribution in [2.75, 3.05) is 27.9 Å². The third kappa shape index (κ3) is 4.47. The number of aryl methyl sites for hydroxylation is 1. The van der Waals surface area contributed by atoms with E-state index in [2.05, 4.69) is 5.32 Å². The van der Waals surface area contributed by atoms with Gasteiger partial charge in [0.05, 0.1) is 21.3 Å². The van der Waals surface area contributed by atoms with Crippen molar-refractivity contribution in [1.82, 2.24) is 9.88 Å². The van der Waals surface area contributed by atoms with Crippen LogP contribution >= 0.6 is 0 Å². The molecule has 8 nitrogen and oxygen atoms in total. The molecule has 0 aliphatic rings. The van der Waals surface area contributed by atoms with Crippen LogP contribution in [0.3, 0.4) is 0 Å². The number of amides is 1. The maximum atomic E-state index is 12.0. The van der Waals surface area contributed by atoms with E-state index in [9.17, 15) is 9.59 Å². The number of carbonyl (C=O) groups excluding carboxylic acids is 2. The highest BCUT2D eigenvalue weighted by molar-refractivity contribution is 5.89. The van der Waals surface area contributed by atoms with Crippen LogP contribution in [0.1, 0.15) is 16.1 Å². The average molecular weight is 362 g/mol. The van der Waals surface area contributed by atoms with E-state index in [0.717, 1.165) is 0 Å². The van der Waals surface area contributed by atoms with Gasteiger partial charge in [0.25, 0.3) is 5.91 Å². The van der Waals surface area contributed by atoms with Gasteiger partial charge in [-0.1, -0.05) is 0 Å². The molecule has 8 heteroatoms. The van der Waals surface area contributed by atoms with E-state index < -0.39 is 11.9 Å². The Kier molecular flexibility index (Phi) is 6.48. The number of rotatable bonds is 8. The summed E-state index contributed by atoms with van der Waals surface area (Å²) in [6.45, 7) is -0.191. The number of benzene rings is 1. The van der Waals surface area contributed by atoms with Crippen molar-refractivity contribution in [3.05, 3.63) is 41.7 Å². The normalized spacial score (nSPS) is 10.2. The first kappa shape index (κ1) is 19.2. The van der Waals surface area contributed by atoms with Crippen LogP contribution in [0.2, 0.25) is 0 Å². The van der Waals surface area contributed by atoms with Crippen molar-refractivity contribution >= 4 is 11.9 Å². The minimum absolute atomic E-state index is 0.185. The summed E-state index contributed by atoms with van der Waals surface area (Å²) in [6.07, 6.45) is 1.72. The largest absolute Gasteiger partial charge is 0.496 e. The van der Waals surface area contributed by atoms with Crippen molar-refractivity contribution < 1.29 is 28.5 Å². The van der Waals surface area contributed by atoms with Crippen molar-refractivity contribution in [3.63, 3.8) is 0 Å². The Balaban J connectivity index is 1.94. The first-order valence-electron chi connectivity index (χ1n) is 7.84. The predicted molar refractivity (Wildman–Crippen MR) is 93.6 cm³/mol. The lowest BCUT2D eigenvalue weighted by molar-refractivity contribution is -0.124. The van der Waals surface area contributed by atoms with Gasteiger partial charge in [0.15, 0.2) is 18.1 Å². The molecule has 0 saturated carbocycles. The Morgan fingerprint density at radius 2 is 1.69 bits per heavy atom. The minimum Gasteiger partial charge on any atom is -0.496 e. The SMILES string of the molecule is COc1cc(OC)c(OC)cc1CNC(=O)COC(=O)c1cccn1C. The first-order valence-corrected chi connectivity index (χ1v) is 7.84. The quantitative estimate of drug-likeness (QED) is 0.717. The Labute approximate surface area is 151 Å². The summed E-state index contributed by atoms with van der Waals surface area (Å²) in [7, 11) is 6.30. The van der Waals surface area contributed by atoms with Gasteiger partial charge < -0.3 is 28.8 Å². The van der Waals surface area contributed by atoms with E-state index in [0.29, 0.717) is 28.5 Å². The smallest absolute Gasteiger partial charge is 0.355 e. The molecule has 1 heterocycles. The van der Waals surface area contributed by atoms with E-state index in [4.69, 9.17) is 18.9 Å². The maximum absolute atomic E-state index is 12.0. The summed E-state index contributed by atoms with van der Waals surface area (Å²) in [5, 5.41) is 2.68. The average Bonchev–Trinajstić information content (AvgIpc) is 3.09. The molecule has 0 atom stereocenters. The van der Waals surface area contributed by atoms with Gasteiger partial charge in [-0.3, -0.25) is 4.79 Å². The van der Waals surface area contributed by atoms with Crippen LogP contribution in [-0.4, -0.2) is 44.4 Å². The van der Waals surface area contributed by atoms with Gasteiger partial charge in [0.1, 0.15) is 11.4 Å². The molecule has 0 spiro atoms. The summed E-state index contributed by atoms with van der Waals surface area (Å²) in [4.78, 5) is 23.8. The van der Waals surface area contributed by atoms with Gasteiger partial charge >= 0.3 is 5.97 Å². The number of aromatic nitrogens is 1. The lowest BCUT2D eigenvalue weighted by Gasteiger charge is -2.14. The Bertz CT molecular complexity index is 784. The topological polar surface area (TPSA) is 88.0 Å². The summed E-state index contributed by atoms with van der Waals surface area (Å²) in [5.41, 5.74) is 1.08. The lowest BCUT2D eigenvalue weighted by atomic mass is 10.1. The Morgan fingerprint density at radius 3 is 2.27 bits per heavy atom. The molecule has 1 N–H and O–H groups in total. The monoisotopic (exact) mass is 362 g/mol. The number of carbonyl (C=O) groups is 2. The van der Waals surface area contributed by atoms with Gasteiger partial charge in [-0.25, -0.2) is 4.79 Å². The van der Waals surface area contributed by atoms with E-state index in [-0.39, 0.29) is 13.2 Å². The van der Waals surface area contributed by atoms with Gasteiger partial charge in [-0.15, -0.1) is 0 Å². The van der Waals surface area contributed by atoms with Crippen molar-refractivity contribution in [2.24, 2.45) is 7.05 Å². The third-order valence-electron chi connectivity index (χ3n) is 3.75. The number of hydrogen-bond donors (Lipinski definition) is 1. The number of ether oxygens (including phenoxy) is 4. The van der Waals surface area contributed by atoms with Crippen LogP contribution in [0, 0.1) is 0 Å². The van der Waals surface area contributed by atoms with Crippen LogP contribution in [0.15, 0.2) is 30.5 Å². The molecule has 0 aliphatic carbocycles. The zero-order valence-electron chi connectivity index (χ0n) is 15.2. The van der Waals surface area contributed by atoms with Gasteiger partial charge in [0, 0.05) is 31.4 Å². The molecule has 0 aliphatic heterocycles. The molecule has 0 saturated heterocycles. The van der Waals surface area contributed by atoms with Crippen molar-refractivity contribution in [1.29, 1.82) is 0 Å². The number of nitrogens with zero attached hydrogens (tertiary/aromatic N) is 1. The molecule has 1 aromatic carbocycles. The highest BCUT2D eigenvalue weighted by atomic mass is 16.5. The number of hydrogen-bond acceptors (Lipinski definition) is 6. The van der Waals surface area contributed by atoms with Crippen LogP contribution in [0.5, 0.6) is 17.2 Å². The fourth-order valence-corrected chi connectivity index (χ4v) is 2.35. The molecule has 2 rings (SSSR count). The molecule has 0 radical (unpaired) electrons. The molecule has 0 unspecified atom stereocenters. The fraction of sp³-hybridized carbons (Fsp3) is 0.333. The molecule has 0 fully saturated rings. The maximum Gasteiger partial charge on any atom is 0.355 e. The molecule has 140 valence electrons. The molecule has 0 bridgehead atoms. The first-order chi connectivity index (χ1) is 12.5. The second kappa shape index (κ2) is 8.80. The lowest BCUT2D eigenvalue weighted by Crippen LogP contribution is -2.28. The van der Waals surface area contributed by atoms with E-state index >= 15 is 0 Å². The van der Waals surface area contributed by atoms with Crippen LogP contribution < -0.4 is 19.5 Å². The molecular formula is C18H22N2O6. The van der Waals surface area contributed by atoms with Gasteiger partial charge in [0.2, 0.25) is 0 Å².